The normalized spacial score (nSPS) is 19.8. The minimum Gasteiger partial charge on any atom is -0.507 e. The number of aromatic hydroxyl groups is 1. The largest absolute Gasteiger partial charge is 0.507 e. The maximum absolute atomic E-state index is 13.7. The summed E-state index contributed by atoms with van der Waals surface area (Å²) in [6.07, 6.45) is 4.24. The number of nitrogens with zero attached hydrogens (tertiary/aromatic N) is 8. The van der Waals surface area contributed by atoms with Gasteiger partial charge >= 0.3 is 5.69 Å². The summed E-state index contributed by atoms with van der Waals surface area (Å²) in [6.45, 7) is 3.43. The van der Waals surface area contributed by atoms with Crippen molar-refractivity contribution in [3.05, 3.63) is 75.2 Å². The smallest absolute Gasteiger partial charge is 0.329 e. The molecule has 0 spiro atoms. The Hall–Kier alpha value is -6.23. The minimum atomic E-state index is -0.913. The van der Waals surface area contributed by atoms with E-state index in [4.69, 9.17) is 4.74 Å². The van der Waals surface area contributed by atoms with Crippen LogP contribution in [-0.2, 0) is 35.0 Å². The van der Waals surface area contributed by atoms with Crippen molar-refractivity contribution in [1.29, 1.82) is 0 Å². The van der Waals surface area contributed by atoms with Gasteiger partial charge in [0.25, 0.3) is 5.56 Å². The zero-order chi connectivity index (χ0) is 41.3. The van der Waals surface area contributed by atoms with Crippen LogP contribution in [0.2, 0.25) is 0 Å². The third-order valence-corrected chi connectivity index (χ3v) is 12.5. The first-order valence-corrected chi connectivity index (χ1v) is 20.0. The van der Waals surface area contributed by atoms with Crippen LogP contribution in [0.15, 0.2) is 58.4 Å². The maximum Gasteiger partial charge on any atom is 0.329 e. The first kappa shape index (κ1) is 38.3. The molecule has 3 aromatic heterocycles. The topological polar surface area (TPSA) is 167 Å². The molecule has 308 valence electrons. The van der Waals surface area contributed by atoms with Gasteiger partial charge in [0, 0.05) is 88.2 Å². The third-order valence-electron chi connectivity index (χ3n) is 12.5. The summed E-state index contributed by atoms with van der Waals surface area (Å²) in [6, 6.07) is 10.2. The Bertz CT molecular complexity index is 2660. The van der Waals surface area contributed by atoms with Gasteiger partial charge in [-0.25, -0.2) is 14.2 Å². The first-order chi connectivity index (χ1) is 28.4. The number of ether oxygens (including phenoxy) is 1. The second-order valence-corrected chi connectivity index (χ2v) is 16.1. The highest BCUT2D eigenvalue weighted by atomic mass is 19.1. The van der Waals surface area contributed by atoms with E-state index in [1.165, 1.54) is 22.4 Å². The van der Waals surface area contributed by atoms with Crippen LogP contribution in [0.5, 0.6) is 11.5 Å². The number of aromatic nitrogens is 4. The summed E-state index contributed by atoms with van der Waals surface area (Å²) in [5.41, 5.74) is 3.59. The lowest BCUT2D eigenvalue weighted by Gasteiger charge is -2.43. The fourth-order valence-corrected chi connectivity index (χ4v) is 9.29. The molecule has 4 aliphatic rings. The van der Waals surface area contributed by atoms with Crippen LogP contribution in [0.3, 0.4) is 0 Å². The Balaban J connectivity index is 0.880. The summed E-state index contributed by atoms with van der Waals surface area (Å²) in [7, 11) is 4.89. The number of methoxy groups -OCH3 is 1. The second kappa shape index (κ2) is 14.9. The number of aryl methyl sites for hydroxylation is 2. The molecular weight excluding hydrogens is 762 g/mol. The number of phenolic OH excluding ortho intramolecular Hbond substituents is 1. The molecule has 16 nitrogen and oxygen atoms in total. The third kappa shape index (κ3) is 6.66. The van der Waals surface area contributed by atoms with Crippen molar-refractivity contribution in [2.24, 2.45) is 14.1 Å². The van der Waals surface area contributed by atoms with E-state index in [1.54, 1.807) is 37.0 Å². The molecule has 9 rings (SSSR count). The molecule has 4 aliphatic heterocycles. The number of imide groups is 1. The number of carbonyl (C=O) groups excluding carboxylic acids is 3. The number of rotatable bonds is 8. The summed E-state index contributed by atoms with van der Waals surface area (Å²) in [5, 5.41) is 14.9. The van der Waals surface area contributed by atoms with Crippen LogP contribution in [0, 0.1) is 0 Å². The van der Waals surface area contributed by atoms with Crippen molar-refractivity contribution < 1.29 is 28.6 Å². The number of fused-ring (bicyclic) bond motifs is 2. The van der Waals surface area contributed by atoms with Crippen molar-refractivity contribution in [1.82, 2.24) is 33.8 Å². The number of imidazole rings is 1. The van der Waals surface area contributed by atoms with E-state index in [0.717, 1.165) is 24.0 Å². The molecule has 0 aliphatic carbocycles. The quantitative estimate of drug-likeness (QED) is 0.221. The molecule has 3 amide bonds. The number of nitrogens with one attached hydrogen (secondary N) is 1. The van der Waals surface area contributed by atoms with Gasteiger partial charge in [0.1, 0.15) is 29.5 Å². The number of anilines is 2. The number of pyridine rings is 2. The van der Waals surface area contributed by atoms with Gasteiger partial charge in [0.2, 0.25) is 17.7 Å². The van der Waals surface area contributed by atoms with E-state index >= 15 is 0 Å². The Morgan fingerprint density at radius 1 is 0.949 bits per heavy atom. The number of benzene rings is 2. The van der Waals surface area contributed by atoms with Crippen LogP contribution in [0.1, 0.15) is 37.3 Å². The lowest BCUT2D eigenvalue weighted by molar-refractivity contribution is -0.139. The van der Waals surface area contributed by atoms with Crippen LogP contribution >= 0.6 is 0 Å². The molecule has 59 heavy (non-hydrogen) atoms. The number of hydrogen-bond donors (Lipinski definition) is 2. The number of halogens is 1. The average Bonchev–Trinajstić information content (AvgIpc) is 3.47. The maximum atomic E-state index is 13.7. The van der Waals surface area contributed by atoms with Crippen molar-refractivity contribution in [2.45, 2.75) is 50.5 Å². The standard InChI is InChI=1S/C42H46FN9O7/c1-46-21-29(27-17-36(50-19-25(43)20-50)44-18-28(27)41(46)57)24-15-34(53)30(35(16-24)59-3)22-48-13-14-51(38(55)23-48)26-9-11-49(12-10-26)31-5-4-6-32-39(31)47(2)42(58)52(32)33-7-8-37(54)45-40(33)56/h4-6,15-18,21,25-26,33,53H,7-14,19-20,22-23H2,1-3H3,(H,45,54,56). The highest BCUT2D eigenvalue weighted by molar-refractivity contribution is 6.01. The minimum absolute atomic E-state index is 0.000804. The van der Waals surface area contributed by atoms with Crippen molar-refractivity contribution in [3.8, 4) is 22.6 Å². The molecule has 1 unspecified atom stereocenters. The Labute approximate surface area is 338 Å². The molecule has 4 fully saturated rings. The van der Waals surface area contributed by atoms with Crippen molar-refractivity contribution in [2.75, 3.05) is 62.7 Å². The van der Waals surface area contributed by atoms with Crippen LogP contribution in [-0.4, -0.2) is 116 Å². The van der Waals surface area contributed by atoms with Gasteiger partial charge in [0.05, 0.1) is 48.9 Å². The number of piperidine rings is 2. The lowest BCUT2D eigenvalue weighted by atomic mass is 9.98. The van der Waals surface area contributed by atoms with E-state index in [0.29, 0.717) is 70.7 Å². The Morgan fingerprint density at radius 2 is 1.73 bits per heavy atom. The van der Waals surface area contributed by atoms with Gasteiger partial charge in [-0.2, -0.15) is 0 Å². The molecule has 0 bridgehead atoms. The van der Waals surface area contributed by atoms with E-state index < -0.39 is 18.1 Å². The van der Waals surface area contributed by atoms with Gasteiger partial charge in [-0.3, -0.25) is 38.5 Å². The monoisotopic (exact) mass is 807 g/mol. The average molecular weight is 808 g/mol. The Kier molecular flexibility index (Phi) is 9.64. The number of carbonyl (C=O) groups is 3. The number of phenols is 1. The van der Waals surface area contributed by atoms with Gasteiger partial charge in [-0.1, -0.05) is 6.07 Å². The van der Waals surface area contributed by atoms with E-state index in [-0.39, 0.29) is 73.9 Å². The fourth-order valence-electron chi connectivity index (χ4n) is 9.29. The molecule has 2 aromatic carbocycles. The SMILES string of the molecule is COc1cc(-c2cn(C)c(=O)c3cnc(N4CC(F)C4)cc23)cc(O)c1CN1CCN(C2CCN(c3cccc4c3n(C)c(=O)n4C3CCC(=O)NC3=O)CC2)C(=O)C1. The summed E-state index contributed by atoms with van der Waals surface area (Å²) in [4.78, 5) is 77.2. The molecule has 5 aromatic rings. The lowest BCUT2D eigenvalue weighted by Crippen LogP contribution is -2.56. The highest BCUT2D eigenvalue weighted by Crippen LogP contribution is 2.39. The predicted octanol–water partition coefficient (Wildman–Crippen LogP) is 2.42. The number of alkyl halides is 1. The van der Waals surface area contributed by atoms with Gasteiger partial charge in [-0.05, 0) is 55.2 Å². The summed E-state index contributed by atoms with van der Waals surface area (Å²) in [5.74, 6) is 0.231. The number of hydrogen-bond acceptors (Lipinski definition) is 11. The highest BCUT2D eigenvalue weighted by Gasteiger charge is 2.35. The molecule has 0 saturated carbocycles. The molecule has 17 heteroatoms. The molecule has 1 atom stereocenters. The second-order valence-electron chi connectivity index (χ2n) is 16.1. The molecule has 7 heterocycles. The molecule has 0 radical (unpaired) electrons. The number of amides is 3. The molecule has 4 saturated heterocycles. The van der Waals surface area contributed by atoms with Gasteiger partial charge < -0.3 is 29.1 Å². The Morgan fingerprint density at radius 3 is 2.44 bits per heavy atom. The van der Waals surface area contributed by atoms with E-state index in [9.17, 15) is 33.5 Å². The van der Waals surface area contributed by atoms with E-state index in [2.05, 4.69) is 15.2 Å². The summed E-state index contributed by atoms with van der Waals surface area (Å²) < 4.78 is 24.0. The fraction of sp³-hybridized carbons (Fsp3) is 0.429. The van der Waals surface area contributed by atoms with Crippen LogP contribution < -0.4 is 31.1 Å². The van der Waals surface area contributed by atoms with Crippen molar-refractivity contribution >= 4 is 51.0 Å². The number of para-hydroxylation sites is 1. The molecule has 2 N–H and O–H groups in total. The molecular formula is C42H46FN9O7. The van der Waals surface area contributed by atoms with Gasteiger partial charge in [-0.15, -0.1) is 0 Å². The number of piperazine rings is 1. The van der Waals surface area contributed by atoms with Crippen LogP contribution in [0.4, 0.5) is 15.9 Å². The summed E-state index contributed by atoms with van der Waals surface area (Å²) >= 11 is 0. The van der Waals surface area contributed by atoms with Gasteiger partial charge in [0.15, 0.2) is 0 Å². The predicted molar refractivity (Wildman–Crippen MR) is 219 cm³/mol. The first-order valence-electron chi connectivity index (χ1n) is 20.0. The van der Waals surface area contributed by atoms with Crippen LogP contribution in [0.25, 0.3) is 32.9 Å². The zero-order valence-corrected chi connectivity index (χ0v) is 33.2. The van der Waals surface area contributed by atoms with Crippen molar-refractivity contribution in [3.63, 3.8) is 0 Å². The zero-order valence-electron chi connectivity index (χ0n) is 33.2. The van der Waals surface area contributed by atoms with E-state index in [1.807, 2.05) is 39.0 Å².